The van der Waals surface area contributed by atoms with Crippen molar-refractivity contribution in [1.29, 1.82) is 0 Å². The van der Waals surface area contributed by atoms with E-state index < -0.39 is 11.9 Å². The van der Waals surface area contributed by atoms with E-state index in [2.05, 4.69) is 13.2 Å². The smallest absolute Gasteiger partial charge is 0.327 e. The number of rotatable bonds is 2. The SMILES string of the molecule is C=CC(=O)O.C=CC(=O)O.[Pt]. The topological polar surface area (TPSA) is 74.6 Å². The first-order valence-electron chi connectivity index (χ1n) is 2.25. The van der Waals surface area contributed by atoms with Gasteiger partial charge in [-0.3, -0.25) is 0 Å². The van der Waals surface area contributed by atoms with Crippen molar-refractivity contribution in [3.8, 4) is 0 Å². The molecule has 0 bridgehead atoms. The largest absolute Gasteiger partial charge is 0.478 e. The van der Waals surface area contributed by atoms with Crippen LogP contribution in [0.15, 0.2) is 25.3 Å². The Morgan fingerprint density at radius 3 is 1.09 bits per heavy atom. The van der Waals surface area contributed by atoms with Crippen LogP contribution in [0.1, 0.15) is 0 Å². The third kappa shape index (κ3) is 47.6. The average Bonchev–Trinajstić information content (AvgIpc) is 1.89. The first-order chi connectivity index (χ1) is 4.54. The van der Waals surface area contributed by atoms with E-state index in [9.17, 15) is 9.59 Å². The average molecular weight is 339 g/mol. The molecule has 0 atom stereocenters. The normalized spacial score (nSPS) is 5.82. The first-order valence-corrected chi connectivity index (χ1v) is 2.25. The van der Waals surface area contributed by atoms with Gasteiger partial charge in [-0.05, 0) is 0 Å². The van der Waals surface area contributed by atoms with E-state index in [1.54, 1.807) is 0 Å². The molecule has 0 aromatic carbocycles. The Bertz CT molecular complexity index is 135. The van der Waals surface area contributed by atoms with Crippen LogP contribution >= 0.6 is 0 Å². The zero-order valence-electron chi connectivity index (χ0n) is 5.60. The van der Waals surface area contributed by atoms with Gasteiger partial charge in [0.1, 0.15) is 0 Å². The Hall–Kier alpha value is -0.892. The Kier molecular flexibility index (Phi) is 17.9. The molecule has 0 aromatic heterocycles. The van der Waals surface area contributed by atoms with Crippen molar-refractivity contribution in [1.82, 2.24) is 0 Å². The zero-order chi connectivity index (χ0) is 8.57. The molecule has 66 valence electrons. The molecule has 0 aromatic rings. The van der Waals surface area contributed by atoms with Crippen LogP contribution in [0, 0.1) is 0 Å². The predicted octanol–water partition coefficient (Wildman–Crippen LogP) is 0.512. The van der Waals surface area contributed by atoms with Crippen molar-refractivity contribution in [3.63, 3.8) is 0 Å². The van der Waals surface area contributed by atoms with Crippen LogP contribution in [0.2, 0.25) is 0 Å². The molecular formula is C6H8O4Pt. The Labute approximate surface area is 78.5 Å². The third-order valence-corrected chi connectivity index (χ3v) is 0.349. The molecule has 0 aliphatic heterocycles. The molecule has 0 aliphatic rings. The maximum absolute atomic E-state index is 9.25. The summed E-state index contributed by atoms with van der Waals surface area (Å²) in [6.45, 7) is 5.92. The number of hydrogen-bond donors (Lipinski definition) is 2. The molecule has 0 saturated carbocycles. The van der Waals surface area contributed by atoms with Crippen molar-refractivity contribution < 1.29 is 40.9 Å². The predicted molar refractivity (Wildman–Crippen MR) is 35.7 cm³/mol. The minimum Gasteiger partial charge on any atom is -0.478 e. The molecule has 0 aliphatic carbocycles. The van der Waals surface area contributed by atoms with Crippen molar-refractivity contribution >= 4 is 11.9 Å². The van der Waals surface area contributed by atoms with Crippen molar-refractivity contribution in [3.05, 3.63) is 25.3 Å². The van der Waals surface area contributed by atoms with E-state index in [-0.39, 0.29) is 21.1 Å². The summed E-state index contributed by atoms with van der Waals surface area (Å²) < 4.78 is 0. The van der Waals surface area contributed by atoms with Gasteiger partial charge in [-0.1, -0.05) is 13.2 Å². The summed E-state index contributed by atoms with van der Waals surface area (Å²) in [5, 5.41) is 15.2. The summed E-state index contributed by atoms with van der Waals surface area (Å²) in [5.41, 5.74) is 0. The molecule has 4 nitrogen and oxygen atoms in total. The van der Waals surface area contributed by atoms with Gasteiger partial charge >= 0.3 is 11.9 Å². The standard InChI is InChI=1S/2C3H4O2.Pt/c2*1-2-3(4)5;/h2*2H,1H2,(H,4,5);. The maximum atomic E-state index is 9.25. The summed E-state index contributed by atoms with van der Waals surface area (Å²) in [6, 6.07) is 0. The quantitative estimate of drug-likeness (QED) is 0.719. The van der Waals surface area contributed by atoms with E-state index in [4.69, 9.17) is 10.2 Å². The van der Waals surface area contributed by atoms with Crippen molar-refractivity contribution in [2.24, 2.45) is 0 Å². The van der Waals surface area contributed by atoms with Gasteiger partial charge in [-0.2, -0.15) is 0 Å². The van der Waals surface area contributed by atoms with E-state index in [1.165, 1.54) is 0 Å². The van der Waals surface area contributed by atoms with Crippen LogP contribution in [0.5, 0.6) is 0 Å². The van der Waals surface area contributed by atoms with Crippen LogP contribution in [0.25, 0.3) is 0 Å². The summed E-state index contributed by atoms with van der Waals surface area (Å²) in [7, 11) is 0. The van der Waals surface area contributed by atoms with Crippen molar-refractivity contribution in [2.45, 2.75) is 0 Å². The van der Waals surface area contributed by atoms with E-state index in [0.717, 1.165) is 12.2 Å². The Balaban J connectivity index is -0.000000107. The fourth-order valence-electron chi connectivity index (χ4n) is 0. The molecule has 2 N–H and O–H groups in total. The molecule has 11 heavy (non-hydrogen) atoms. The van der Waals surface area contributed by atoms with Gasteiger partial charge in [-0.25, -0.2) is 9.59 Å². The Morgan fingerprint density at radius 2 is 1.09 bits per heavy atom. The number of carboxylic acid groups (broad SMARTS) is 2. The Morgan fingerprint density at radius 1 is 1.00 bits per heavy atom. The van der Waals surface area contributed by atoms with Crippen LogP contribution in [-0.2, 0) is 30.7 Å². The van der Waals surface area contributed by atoms with E-state index in [0.29, 0.717) is 0 Å². The van der Waals surface area contributed by atoms with Crippen LogP contribution in [0.4, 0.5) is 0 Å². The number of aliphatic carboxylic acids is 2. The molecule has 0 radical (unpaired) electrons. The van der Waals surface area contributed by atoms with Crippen LogP contribution in [-0.4, -0.2) is 22.2 Å². The second-order valence-corrected chi connectivity index (χ2v) is 1.08. The van der Waals surface area contributed by atoms with Crippen molar-refractivity contribution in [2.75, 3.05) is 0 Å². The van der Waals surface area contributed by atoms with Gasteiger partial charge in [0.2, 0.25) is 0 Å². The maximum Gasteiger partial charge on any atom is 0.327 e. The van der Waals surface area contributed by atoms with E-state index >= 15 is 0 Å². The minimum atomic E-state index is -0.981. The summed E-state index contributed by atoms with van der Waals surface area (Å²) in [5.74, 6) is -1.96. The van der Waals surface area contributed by atoms with Crippen LogP contribution in [0.3, 0.4) is 0 Å². The number of hydrogen-bond acceptors (Lipinski definition) is 2. The van der Waals surface area contributed by atoms with Gasteiger partial charge in [0.25, 0.3) is 0 Å². The zero-order valence-corrected chi connectivity index (χ0v) is 7.87. The molecule has 0 fully saturated rings. The van der Waals surface area contributed by atoms with Gasteiger partial charge in [0.05, 0.1) is 0 Å². The third-order valence-electron chi connectivity index (χ3n) is 0.349. The summed E-state index contributed by atoms with van der Waals surface area (Å²) in [4.78, 5) is 18.5. The summed E-state index contributed by atoms with van der Waals surface area (Å²) >= 11 is 0. The molecule has 0 spiro atoms. The van der Waals surface area contributed by atoms with Gasteiger partial charge in [0.15, 0.2) is 0 Å². The molecule has 0 heterocycles. The molecule has 5 heteroatoms. The second kappa shape index (κ2) is 11.9. The summed E-state index contributed by atoms with van der Waals surface area (Å²) in [6.07, 6.45) is 1.67. The molecule has 0 saturated heterocycles. The van der Waals surface area contributed by atoms with Gasteiger partial charge in [0, 0.05) is 33.2 Å². The minimum absolute atomic E-state index is 0. The fraction of sp³-hybridized carbons (Fsp3) is 0. The molecule has 0 rings (SSSR count). The second-order valence-electron chi connectivity index (χ2n) is 1.08. The van der Waals surface area contributed by atoms with Gasteiger partial charge in [-0.15, -0.1) is 0 Å². The number of carbonyl (C=O) groups is 2. The van der Waals surface area contributed by atoms with Gasteiger partial charge < -0.3 is 10.2 Å². The fourth-order valence-corrected chi connectivity index (χ4v) is 0. The van der Waals surface area contributed by atoms with Crippen LogP contribution < -0.4 is 0 Å². The number of carboxylic acids is 2. The monoisotopic (exact) mass is 339 g/mol. The molecular weight excluding hydrogens is 331 g/mol. The van der Waals surface area contributed by atoms with E-state index in [1.807, 2.05) is 0 Å². The molecule has 0 unspecified atom stereocenters. The first kappa shape index (κ1) is 16.6. The molecule has 0 amide bonds.